The summed E-state index contributed by atoms with van der Waals surface area (Å²) in [6.07, 6.45) is 26.6. The lowest BCUT2D eigenvalue weighted by molar-refractivity contribution is 0.276. The maximum absolute atomic E-state index is 4.39. The van der Waals surface area contributed by atoms with Crippen LogP contribution < -0.4 is 0 Å². The van der Waals surface area contributed by atoms with E-state index in [1.54, 1.807) is 0 Å². The van der Waals surface area contributed by atoms with Crippen LogP contribution in [0.5, 0.6) is 0 Å². The van der Waals surface area contributed by atoms with Crippen molar-refractivity contribution < 1.29 is 0 Å². The van der Waals surface area contributed by atoms with Crippen molar-refractivity contribution in [2.75, 3.05) is 0 Å². The number of hydrogen-bond acceptors (Lipinski definition) is 1. The van der Waals surface area contributed by atoms with Gasteiger partial charge in [-0.3, -0.25) is 0 Å². The van der Waals surface area contributed by atoms with Gasteiger partial charge < -0.3 is 4.57 Å². The minimum atomic E-state index is 0.578. The molecule has 1 aromatic heterocycles. The molecule has 2 heteroatoms. The van der Waals surface area contributed by atoms with Gasteiger partial charge in [-0.2, -0.15) is 0 Å². The molecule has 1 aromatic carbocycles. The second-order valence-corrected chi connectivity index (χ2v) is 9.14. The van der Waals surface area contributed by atoms with Crippen LogP contribution in [-0.4, -0.2) is 9.55 Å². The molecule has 168 valence electrons. The minimum Gasteiger partial charge on any atom is -0.334 e. The molecule has 0 bridgehead atoms. The zero-order valence-electron chi connectivity index (χ0n) is 19.8. The largest absolute Gasteiger partial charge is 0.334 e. The molecule has 30 heavy (non-hydrogen) atoms. The van der Waals surface area contributed by atoms with E-state index in [0.717, 1.165) is 0 Å². The number of rotatable bonds is 18. The molecule has 0 N–H and O–H groups in total. The Labute approximate surface area is 186 Å². The Morgan fingerprint density at radius 2 is 1.33 bits per heavy atom. The van der Waals surface area contributed by atoms with E-state index < -0.39 is 0 Å². The lowest BCUT2D eigenvalue weighted by atomic mass is 9.84. The van der Waals surface area contributed by atoms with Crippen LogP contribution in [0.3, 0.4) is 0 Å². The highest BCUT2D eigenvalue weighted by molar-refractivity contribution is 5.15. The maximum atomic E-state index is 4.39. The molecule has 0 saturated heterocycles. The first-order valence-corrected chi connectivity index (χ1v) is 12.9. The summed E-state index contributed by atoms with van der Waals surface area (Å²) in [5, 5.41) is 0. The molecule has 2 atom stereocenters. The van der Waals surface area contributed by atoms with E-state index in [-0.39, 0.29) is 0 Å². The molecule has 0 spiro atoms. The lowest BCUT2D eigenvalue weighted by Crippen LogP contribution is -2.21. The van der Waals surface area contributed by atoms with Gasteiger partial charge in [0.05, 0.1) is 6.33 Å². The van der Waals surface area contributed by atoms with Crippen molar-refractivity contribution in [3.8, 4) is 0 Å². The van der Waals surface area contributed by atoms with Gasteiger partial charge in [-0.15, -0.1) is 0 Å². The van der Waals surface area contributed by atoms with Gasteiger partial charge in [-0.05, 0) is 30.7 Å². The average molecular weight is 411 g/mol. The molecule has 0 aliphatic heterocycles. The fraction of sp³-hybridized carbons (Fsp3) is 0.679. The summed E-state index contributed by atoms with van der Waals surface area (Å²) in [4.78, 5) is 4.39. The van der Waals surface area contributed by atoms with Gasteiger partial charge in [-0.25, -0.2) is 4.98 Å². The fourth-order valence-corrected chi connectivity index (χ4v) is 4.76. The van der Waals surface area contributed by atoms with Gasteiger partial charge in [0.1, 0.15) is 0 Å². The zero-order chi connectivity index (χ0) is 21.3. The Morgan fingerprint density at radius 1 is 0.733 bits per heavy atom. The minimum absolute atomic E-state index is 0.578. The molecule has 0 saturated carbocycles. The Balaban J connectivity index is 1.88. The highest BCUT2D eigenvalue weighted by atomic mass is 15.1. The Morgan fingerprint density at radius 3 is 1.97 bits per heavy atom. The number of imidazole rings is 1. The molecule has 2 aromatic rings. The standard InChI is InChI=1S/C28H46N2/c1-3-5-7-8-9-10-11-12-17-21-28(30-23-22-29-25-30)27(20-14-6-4-2)24-26-18-15-13-16-19-26/h13,15-16,18-19,22-23,25,27-28H,3-12,14,17,20-21,24H2,1-2H3. The van der Waals surface area contributed by atoms with Crippen LogP contribution in [0.25, 0.3) is 0 Å². The highest BCUT2D eigenvalue weighted by Gasteiger charge is 2.22. The maximum Gasteiger partial charge on any atom is 0.0948 e. The average Bonchev–Trinajstić information content (AvgIpc) is 3.30. The van der Waals surface area contributed by atoms with E-state index in [9.17, 15) is 0 Å². The van der Waals surface area contributed by atoms with E-state index in [0.29, 0.717) is 12.0 Å². The number of benzene rings is 1. The molecular weight excluding hydrogens is 364 g/mol. The molecule has 0 aliphatic rings. The number of unbranched alkanes of at least 4 members (excludes halogenated alkanes) is 10. The smallest absolute Gasteiger partial charge is 0.0948 e. The highest BCUT2D eigenvalue weighted by Crippen LogP contribution is 2.32. The molecule has 0 radical (unpaired) electrons. The number of hydrogen-bond donors (Lipinski definition) is 0. The molecule has 2 nitrogen and oxygen atoms in total. The van der Waals surface area contributed by atoms with E-state index in [2.05, 4.69) is 66.3 Å². The summed E-state index contributed by atoms with van der Waals surface area (Å²) in [6.45, 7) is 4.60. The van der Waals surface area contributed by atoms with Crippen LogP contribution >= 0.6 is 0 Å². The SMILES string of the molecule is CCCCCCCCCCCC(C(CCCCC)Cc1ccccc1)n1ccnc1. The normalized spacial score (nSPS) is 13.4. The van der Waals surface area contributed by atoms with Crippen molar-refractivity contribution in [1.82, 2.24) is 9.55 Å². The van der Waals surface area contributed by atoms with Crippen molar-refractivity contribution >= 4 is 0 Å². The van der Waals surface area contributed by atoms with Gasteiger partial charge >= 0.3 is 0 Å². The second kappa shape index (κ2) is 16.2. The van der Waals surface area contributed by atoms with Gasteiger partial charge in [0.15, 0.2) is 0 Å². The first-order valence-electron chi connectivity index (χ1n) is 12.9. The zero-order valence-corrected chi connectivity index (χ0v) is 19.8. The van der Waals surface area contributed by atoms with Crippen molar-refractivity contribution in [2.45, 2.75) is 116 Å². The summed E-state index contributed by atoms with van der Waals surface area (Å²) < 4.78 is 2.41. The summed E-state index contributed by atoms with van der Waals surface area (Å²) >= 11 is 0. The summed E-state index contributed by atoms with van der Waals surface area (Å²) in [5.74, 6) is 0.696. The molecule has 2 unspecified atom stereocenters. The fourth-order valence-electron chi connectivity index (χ4n) is 4.76. The van der Waals surface area contributed by atoms with Crippen LogP contribution in [0.15, 0.2) is 49.1 Å². The van der Waals surface area contributed by atoms with Gasteiger partial charge in [-0.1, -0.05) is 121 Å². The predicted octanol–water partition coefficient (Wildman–Crippen LogP) is 8.78. The number of nitrogens with zero attached hydrogens (tertiary/aromatic N) is 2. The Kier molecular flexibility index (Phi) is 13.3. The van der Waals surface area contributed by atoms with Crippen LogP contribution in [-0.2, 0) is 6.42 Å². The third kappa shape index (κ3) is 9.96. The third-order valence-corrected chi connectivity index (χ3v) is 6.57. The van der Waals surface area contributed by atoms with Crippen LogP contribution in [0.4, 0.5) is 0 Å². The van der Waals surface area contributed by atoms with E-state index >= 15 is 0 Å². The summed E-state index contributed by atoms with van der Waals surface area (Å²) in [5.41, 5.74) is 1.48. The molecule has 0 fully saturated rings. The van der Waals surface area contributed by atoms with Gasteiger partial charge in [0.2, 0.25) is 0 Å². The van der Waals surface area contributed by atoms with Crippen molar-refractivity contribution in [1.29, 1.82) is 0 Å². The molecule has 1 heterocycles. The first kappa shape index (κ1) is 24.7. The Bertz CT molecular complexity index is 605. The molecule has 0 amide bonds. The first-order chi connectivity index (χ1) is 14.8. The van der Waals surface area contributed by atoms with Crippen molar-refractivity contribution in [3.05, 3.63) is 54.6 Å². The van der Waals surface area contributed by atoms with Gasteiger partial charge in [0, 0.05) is 18.4 Å². The Hall–Kier alpha value is -1.57. The van der Waals surface area contributed by atoms with Gasteiger partial charge in [0.25, 0.3) is 0 Å². The second-order valence-electron chi connectivity index (χ2n) is 9.14. The van der Waals surface area contributed by atoms with E-state index in [1.165, 1.54) is 102 Å². The van der Waals surface area contributed by atoms with Crippen LogP contribution in [0, 0.1) is 5.92 Å². The van der Waals surface area contributed by atoms with Crippen LogP contribution in [0.1, 0.15) is 115 Å². The van der Waals surface area contributed by atoms with Crippen LogP contribution in [0.2, 0.25) is 0 Å². The summed E-state index contributed by atoms with van der Waals surface area (Å²) in [6, 6.07) is 11.7. The predicted molar refractivity (Wildman–Crippen MR) is 131 cm³/mol. The molecular formula is C28H46N2. The quantitative estimate of drug-likeness (QED) is 0.224. The monoisotopic (exact) mass is 410 g/mol. The topological polar surface area (TPSA) is 17.8 Å². The molecule has 2 rings (SSSR count). The van der Waals surface area contributed by atoms with E-state index in [4.69, 9.17) is 0 Å². The van der Waals surface area contributed by atoms with Crippen molar-refractivity contribution in [3.63, 3.8) is 0 Å². The lowest BCUT2D eigenvalue weighted by Gasteiger charge is -2.29. The molecule has 0 aliphatic carbocycles. The summed E-state index contributed by atoms with van der Waals surface area (Å²) in [7, 11) is 0. The number of aromatic nitrogens is 2. The van der Waals surface area contributed by atoms with E-state index in [1.807, 2.05) is 6.20 Å². The van der Waals surface area contributed by atoms with Crippen molar-refractivity contribution in [2.24, 2.45) is 5.92 Å². The third-order valence-electron chi connectivity index (χ3n) is 6.57.